The summed E-state index contributed by atoms with van der Waals surface area (Å²) < 4.78 is 8.09. The second-order valence-corrected chi connectivity index (χ2v) is 7.86. The maximum Gasteiger partial charge on any atom is 0.159 e. The van der Waals surface area contributed by atoms with Gasteiger partial charge < -0.3 is 9.30 Å². The van der Waals surface area contributed by atoms with Crippen LogP contribution in [0.25, 0.3) is 10.9 Å². The summed E-state index contributed by atoms with van der Waals surface area (Å²) in [6.45, 7) is 2.40. The molecule has 0 saturated carbocycles. The average molecular weight is 336 g/mol. The molecule has 1 fully saturated rings. The van der Waals surface area contributed by atoms with Gasteiger partial charge in [-0.25, -0.2) is 0 Å². The maximum atomic E-state index is 12.1. The number of carbonyl (C=O) groups excluding carboxylic acids is 1. The molecule has 25 heavy (non-hydrogen) atoms. The molecular weight excluding hydrogens is 312 g/mol. The largest absolute Gasteiger partial charge is 0.500 e. The van der Waals surface area contributed by atoms with E-state index in [1.165, 1.54) is 22.2 Å². The first-order chi connectivity index (χ1) is 12.1. The van der Waals surface area contributed by atoms with Gasteiger partial charge in [-0.2, -0.15) is 0 Å². The van der Waals surface area contributed by atoms with Gasteiger partial charge in [-0.05, 0) is 44.4 Å². The van der Waals surface area contributed by atoms with Crippen LogP contribution in [0.4, 0.5) is 0 Å². The van der Waals surface area contributed by atoms with Gasteiger partial charge >= 0.3 is 0 Å². The number of carbonyl (C=O) groups is 1. The molecule has 0 unspecified atom stereocenters. The van der Waals surface area contributed by atoms with Crippen LogP contribution >= 0.6 is 0 Å². The topological polar surface area (TPSA) is 34.5 Å². The minimum Gasteiger partial charge on any atom is -0.500 e. The second-order valence-electron chi connectivity index (χ2n) is 7.86. The summed E-state index contributed by atoms with van der Waals surface area (Å²) in [6.07, 6.45) is 3.77. The third-order valence-corrected chi connectivity index (χ3v) is 6.80. The van der Waals surface area contributed by atoms with Crippen LogP contribution in [0.15, 0.2) is 36.1 Å². The molecule has 1 aromatic carbocycles. The lowest BCUT2D eigenvalue weighted by molar-refractivity contribution is -0.116. The van der Waals surface area contributed by atoms with E-state index in [2.05, 4.69) is 47.8 Å². The van der Waals surface area contributed by atoms with Gasteiger partial charge in [0.2, 0.25) is 0 Å². The third-order valence-electron chi connectivity index (χ3n) is 6.80. The lowest BCUT2D eigenvalue weighted by Crippen LogP contribution is -2.55. The van der Waals surface area contributed by atoms with E-state index in [9.17, 15) is 4.79 Å². The average Bonchev–Trinajstić information content (AvgIpc) is 2.88. The summed E-state index contributed by atoms with van der Waals surface area (Å²) in [7, 11) is 4.44. The number of allylic oxidation sites excluding steroid dienone is 1. The van der Waals surface area contributed by atoms with Gasteiger partial charge in [-0.15, -0.1) is 0 Å². The molecule has 4 heteroatoms. The Balaban J connectivity index is 1.68. The quantitative estimate of drug-likeness (QED) is 0.802. The summed E-state index contributed by atoms with van der Waals surface area (Å²) in [5.41, 5.74) is 5.15. The Labute approximate surface area is 148 Å². The number of fused-ring (bicyclic) bond motifs is 8. The van der Waals surface area contributed by atoms with Crippen LogP contribution in [0.1, 0.15) is 30.6 Å². The zero-order valence-corrected chi connectivity index (χ0v) is 15.0. The van der Waals surface area contributed by atoms with Crippen molar-refractivity contribution in [1.29, 1.82) is 0 Å². The molecule has 130 valence electrons. The van der Waals surface area contributed by atoms with Gasteiger partial charge in [0.15, 0.2) is 5.78 Å². The SMILES string of the molecule is CC(=O)C1=COC[C@H]2[C@H]3Cc4c(n(C)c5ccccc45)[C@@H](C[C@@H]12)N3C. The van der Waals surface area contributed by atoms with E-state index in [4.69, 9.17) is 4.74 Å². The number of nitrogens with zero attached hydrogens (tertiary/aromatic N) is 2. The summed E-state index contributed by atoms with van der Waals surface area (Å²) in [5.74, 6) is 0.885. The molecule has 0 N–H and O–H groups in total. The van der Waals surface area contributed by atoms with Crippen LogP contribution in [-0.4, -0.2) is 34.9 Å². The van der Waals surface area contributed by atoms with Crippen LogP contribution in [-0.2, 0) is 23.0 Å². The highest BCUT2D eigenvalue weighted by molar-refractivity contribution is 5.93. The number of ketones is 1. The van der Waals surface area contributed by atoms with Crippen molar-refractivity contribution in [2.45, 2.75) is 31.8 Å². The van der Waals surface area contributed by atoms with Crippen molar-refractivity contribution in [3.05, 3.63) is 47.4 Å². The molecule has 4 atom stereocenters. The van der Waals surface area contributed by atoms with Crippen molar-refractivity contribution in [3.63, 3.8) is 0 Å². The van der Waals surface area contributed by atoms with Crippen LogP contribution < -0.4 is 0 Å². The molecule has 3 aliphatic rings. The van der Waals surface area contributed by atoms with Crippen LogP contribution in [0.5, 0.6) is 0 Å². The van der Waals surface area contributed by atoms with E-state index in [0.29, 0.717) is 23.9 Å². The van der Waals surface area contributed by atoms with Crippen molar-refractivity contribution >= 4 is 16.7 Å². The predicted molar refractivity (Wildman–Crippen MR) is 97.2 cm³/mol. The Morgan fingerprint density at radius 2 is 2.04 bits per heavy atom. The molecule has 1 aromatic heterocycles. The molecule has 3 aliphatic heterocycles. The van der Waals surface area contributed by atoms with E-state index in [1.54, 1.807) is 13.2 Å². The van der Waals surface area contributed by atoms with Gasteiger partial charge in [-0.3, -0.25) is 9.69 Å². The highest BCUT2D eigenvalue weighted by Crippen LogP contribution is 2.51. The highest BCUT2D eigenvalue weighted by Gasteiger charge is 2.49. The standard InChI is InChI=1S/C21H24N2O2/c1-12(24)16-10-25-11-17-14(16)8-20-21-15(9-19(17)22(20)2)13-6-4-5-7-18(13)23(21)3/h4-7,10,14,17,19-20H,8-9,11H2,1-3H3/t14-,17+,19+,20+/m0/s1. The minimum atomic E-state index is 0.162. The van der Waals surface area contributed by atoms with Gasteiger partial charge in [0.1, 0.15) is 0 Å². The van der Waals surface area contributed by atoms with Crippen LogP contribution in [0.3, 0.4) is 0 Å². The smallest absolute Gasteiger partial charge is 0.159 e. The molecular formula is C21H24N2O2. The number of Topliss-reactive ketones (excluding diaryl/α,β-unsaturated/α-hetero) is 1. The zero-order valence-electron chi connectivity index (χ0n) is 15.0. The monoisotopic (exact) mass is 336 g/mol. The minimum absolute atomic E-state index is 0.162. The Morgan fingerprint density at radius 3 is 2.84 bits per heavy atom. The summed E-state index contributed by atoms with van der Waals surface area (Å²) in [5, 5.41) is 1.39. The molecule has 2 aromatic rings. The molecule has 5 rings (SSSR count). The van der Waals surface area contributed by atoms with Gasteiger partial charge in [-0.1, -0.05) is 18.2 Å². The number of rotatable bonds is 1. The number of piperidine rings is 1. The maximum absolute atomic E-state index is 12.1. The number of benzene rings is 1. The van der Waals surface area contributed by atoms with Crippen molar-refractivity contribution in [1.82, 2.24) is 9.47 Å². The summed E-state index contributed by atoms with van der Waals surface area (Å²) in [6, 6.07) is 9.53. The van der Waals surface area contributed by atoms with Gasteiger partial charge in [0, 0.05) is 41.2 Å². The molecule has 4 nitrogen and oxygen atoms in total. The van der Waals surface area contributed by atoms with Crippen molar-refractivity contribution in [3.8, 4) is 0 Å². The molecule has 4 heterocycles. The highest BCUT2D eigenvalue weighted by atomic mass is 16.5. The predicted octanol–water partition coefficient (Wildman–Crippen LogP) is 3.22. The molecule has 1 saturated heterocycles. The molecule has 0 amide bonds. The van der Waals surface area contributed by atoms with E-state index in [1.807, 2.05) is 0 Å². The lowest BCUT2D eigenvalue weighted by Gasteiger charge is -2.52. The first-order valence-corrected chi connectivity index (χ1v) is 9.18. The summed E-state index contributed by atoms with van der Waals surface area (Å²) >= 11 is 0. The Hall–Kier alpha value is -2.07. The van der Waals surface area contributed by atoms with Crippen molar-refractivity contribution in [2.75, 3.05) is 13.7 Å². The molecule has 0 spiro atoms. The fourth-order valence-corrected chi connectivity index (χ4v) is 5.59. The van der Waals surface area contributed by atoms with E-state index in [-0.39, 0.29) is 5.78 Å². The second kappa shape index (κ2) is 5.21. The number of likely N-dealkylation sites (N-methyl/N-ethyl adjacent to an activating group) is 1. The van der Waals surface area contributed by atoms with E-state index < -0.39 is 0 Å². The number of aryl methyl sites for hydroxylation is 1. The van der Waals surface area contributed by atoms with Crippen molar-refractivity contribution < 1.29 is 9.53 Å². The van der Waals surface area contributed by atoms with E-state index in [0.717, 1.165) is 25.0 Å². The Bertz CT molecular complexity index is 910. The van der Waals surface area contributed by atoms with Gasteiger partial charge in [0.25, 0.3) is 0 Å². The van der Waals surface area contributed by atoms with E-state index >= 15 is 0 Å². The number of aromatic nitrogens is 1. The number of para-hydroxylation sites is 1. The molecule has 0 radical (unpaired) electrons. The number of hydrogen-bond acceptors (Lipinski definition) is 3. The first kappa shape index (κ1) is 15.2. The zero-order chi connectivity index (χ0) is 17.3. The third kappa shape index (κ3) is 1.94. The Morgan fingerprint density at radius 1 is 1.24 bits per heavy atom. The first-order valence-electron chi connectivity index (χ1n) is 9.18. The van der Waals surface area contributed by atoms with Crippen molar-refractivity contribution in [2.24, 2.45) is 18.9 Å². The number of hydrogen-bond donors (Lipinski definition) is 0. The number of ether oxygens (including phenoxy) is 1. The van der Waals surface area contributed by atoms with Crippen LogP contribution in [0.2, 0.25) is 0 Å². The lowest BCUT2D eigenvalue weighted by atomic mass is 9.67. The normalized spacial score (nSPS) is 31.1. The molecule has 0 aliphatic carbocycles. The van der Waals surface area contributed by atoms with Crippen LogP contribution in [0, 0.1) is 11.8 Å². The molecule has 2 bridgehead atoms. The van der Waals surface area contributed by atoms with Gasteiger partial charge in [0.05, 0.1) is 18.9 Å². The fourth-order valence-electron chi connectivity index (χ4n) is 5.59. The fraction of sp³-hybridized carbons (Fsp3) is 0.476. The Kier molecular flexibility index (Phi) is 3.17. The summed E-state index contributed by atoms with van der Waals surface area (Å²) in [4.78, 5) is 14.7.